The molecule has 72 heavy (non-hydrogen) atoms. The summed E-state index contributed by atoms with van der Waals surface area (Å²) in [6, 6.07) is -0.901. The van der Waals surface area contributed by atoms with Crippen molar-refractivity contribution in [3.05, 3.63) is 24.3 Å². The average Bonchev–Trinajstić information content (AvgIpc) is 3.34. The Kier molecular flexibility index (Phi) is 54.0. The lowest BCUT2D eigenvalue weighted by Crippen LogP contribution is -2.45. The number of allylic oxidation sites excluding steroid dienone is 3. The molecule has 0 aliphatic heterocycles. The minimum Gasteiger partial charge on any atom is -0.756 e. The van der Waals surface area contributed by atoms with E-state index in [0.717, 1.165) is 38.5 Å². The fourth-order valence-electron chi connectivity index (χ4n) is 9.70. The van der Waals surface area contributed by atoms with Crippen LogP contribution < -0.4 is 10.2 Å². The van der Waals surface area contributed by atoms with Crippen molar-refractivity contribution in [2.24, 2.45) is 0 Å². The van der Waals surface area contributed by atoms with Crippen LogP contribution in [0.25, 0.3) is 0 Å². The van der Waals surface area contributed by atoms with E-state index in [0.29, 0.717) is 17.4 Å². The highest BCUT2D eigenvalue weighted by molar-refractivity contribution is 7.45. The number of unbranched alkanes of at least 4 members (excludes halogenated alkanes) is 44. The lowest BCUT2D eigenvalue weighted by molar-refractivity contribution is -0.870. The lowest BCUT2D eigenvalue weighted by Gasteiger charge is -2.29. The number of carbonyl (C=O) groups is 1. The van der Waals surface area contributed by atoms with Crippen LogP contribution in [-0.4, -0.2) is 68.5 Å². The topological polar surface area (TPSA) is 108 Å². The summed E-state index contributed by atoms with van der Waals surface area (Å²) in [6.07, 6.45) is 70.0. The third-order valence-electron chi connectivity index (χ3n) is 14.7. The highest BCUT2D eigenvalue weighted by atomic mass is 31.2. The van der Waals surface area contributed by atoms with Crippen LogP contribution in [-0.2, 0) is 18.4 Å². The number of nitrogens with zero attached hydrogens (tertiary/aromatic N) is 1. The molecule has 0 aliphatic carbocycles. The number of carbonyl (C=O) groups excluding carboxylic acids is 1. The van der Waals surface area contributed by atoms with Crippen molar-refractivity contribution in [3.63, 3.8) is 0 Å². The van der Waals surface area contributed by atoms with Crippen LogP contribution in [0.5, 0.6) is 0 Å². The number of hydrogen-bond acceptors (Lipinski definition) is 6. The number of nitrogens with one attached hydrogen (secondary N) is 1. The lowest BCUT2D eigenvalue weighted by atomic mass is 10.0. The number of likely N-dealkylation sites (N-methyl/N-ethyl adjacent to an activating group) is 1. The molecule has 0 aromatic rings. The molecule has 3 atom stereocenters. The Bertz CT molecular complexity index is 1220. The van der Waals surface area contributed by atoms with Crippen molar-refractivity contribution < 1.29 is 32.9 Å². The molecule has 0 fully saturated rings. The quantitative estimate of drug-likeness (QED) is 0.0272. The van der Waals surface area contributed by atoms with Crippen molar-refractivity contribution in [2.75, 3.05) is 40.9 Å². The van der Waals surface area contributed by atoms with Crippen LogP contribution in [0.4, 0.5) is 0 Å². The first-order chi connectivity index (χ1) is 35.0. The van der Waals surface area contributed by atoms with Crippen LogP contribution in [0.3, 0.4) is 0 Å². The van der Waals surface area contributed by atoms with E-state index in [2.05, 4.69) is 31.3 Å². The van der Waals surface area contributed by atoms with Crippen molar-refractivity contribution >= 4 is 13.7 Å². The number of rotatable bonds is 59. The van der Waals surface area contributed by atoms with Gasteiger partial charge in [-0.25, -0.2) is 0 Å². The number of phosphoric ester groups is 1. The Balaban J connectivity index is 4.13. The second-order valence-electron chi connectivity index (χ2n) is 23.1. The van der Waals surface area contributed by atoms with Crippen LogP contribution in [0, 0.1) is 0 Å². The van der Waals surface area contributed by atoms with E-state index in [-0.39, 0.29) is 19.1 Å². The zero-order valence-electron chi connectivity index (χ0n) is 48.9. The molecule has 0 radical (unpaired) electrons. The molecule has 0 heterocycles. The third kappa shape index (κ3) is 56.7. The summed E-state index contributed by atoms with van der Waals surface area (Å²) in [5.74, 6) is -0.200. The van der Waals surface area contributed by atoms with Gasteiger partial charge in [-0.2, -0.15) is 0 Å². The molecule has 0 spiro atoms. The SMILES string of the molecule is CCCCCCCCCCCCCCCCCCCCCCCCCC/C=C/CC/C=C/C(O)C(COP(=O)([O-])OCC[N+](C)(C)C)NC(=O)CCCCCCCCCCCCCCCCCCCCCC. The largest absolute Gasteiger partial charge is 0.756 e. The summed E-state index contributed by atoms with van der Waals surface area (Å²) in [5, 5.41) is 13.9. The molecule has 0 saturated heterocycles. The van der Waals surface area contributed by atoms with E-state index in [9.17, 15) is 19.4 Å². The molecular formula is C63H125N2O6P. The zero-order valence-corrected chi connectivity index (χ0v) is 49.8. The number of quaternary nitrogens is 1. The first kappa shape index (κ1) is 71.0. The molecule has 9 heteroatoms. The van der Waals surface area contributed by atoms with Crippen molar-refractivity contribution in [1.82, 2.24) is 5.32 Å². The predicted octanol–water partition coefficient (Wildman–Crippen LogP) is 18.9. The Morgan fingerprint density at radius 2 is 0.778 bits per heavy atom. The number of amides is 1. The molecule has 8 nitrogen and oxygen atoms in total. The van der Waals surface area contributed by atoms with E-state index in [1.54, 1.807) is 6.08 Å². The van der Waals surface area contributed by atoms with Gasteiger partial charge >= 0.3 is 0 Å². The second kappa shape index (κ2) is 54.8. The Hall–Kier alpha value is -1.02. The summed E-state index contributed by atoms with van der Waals surface area (Å²) >= 11 is 0. The van der Waals surface area contributed by atoms with Gasteiger partial charge in [0.1, 0.15) is 13.2 Å². The molecule has 2 N–H and O–H groups in total. The van der Waals surface area contributed by atoms with Gasteiger partial charge in [-0.05, 0) is 32.1 Å². The highest BCUT2D eigenvalue weighted by Crippen LogP contribution is 2.38. The molecule has 1 amide bonds. The van der Waals surface area contributed by atoms with Gasteiger partial charge < -0.3 is 28.8 Å². The fraction of sp³-hybridized carbons (Fsp3) is 0.921. The smallest absolute Gasteiger partial charge is 0.268 e. The second-order valence-corrected chi connectivity index (χ2v) is 24.5. The molecular weight excluding hydrogens is 912 g/mol. The standard InChI is InChI=1S/C63H125N2O6P/c1-6-8-10-12-14-16-18-20-22-24-26-28-29-30-31-32-33-34-35-36-37-38-40-42-44-46-48-50-52-54-56-62(66)61(60-71-72(68,69)70-59-58-65(3,4)5)64-63(67)57-55-53-51-49-47-45-43-41-39-27-25-23-21-19-17-15-13-11-9-7-2/h46,48,54,56,61-62,66H,6-45,47,49-53,55,57-60H2,1-5H3,(H-,64,67,68,69)/b48-46+,56-54+. The summed E-state index contributed by atoms with van der Waals surface area (Å²) in [6.45, 7) is 4.68. The van der Waals surface area contributed by atoms with Gasteiger partial charge in [0.15, 0.2) is 0 Å². The van der Waals surface area contributed by atoms with Crippen molar-refractivity contribution in [3.8, 4) is 0 Å². The van der Waals surface area contributed by atoms with Gasteiger partial charge in [-0.1, -0.05) is 308 Å². The summed E-state index contributed by atoms with van der Waals surface area (Å²) in [7, 11) is 1.26. The van der Waals surface area contributed by atoms with Gasteiger partial charge in [-0.3, -0.25) is 9.36 Å². The van der Waals surface area contributed by atoms with Crippen LogP contribution >= 0.6 is 7.82 Å². The molecule has 0 aliphatic rings. The van der Waals surface area contributed by atoms with E-state index in [1.807, 2.05) is 27.2 Å². The van der Waals surface area contributed by atoms with Crippen molar-refractivity contribution in [1.29, 1.82) is 0 Å². The summed E-state index contributed by atoms with van der Waals surface area (Å²) < 4.78 is 23.4. The molecule has 3 unspecified atom stereocenters. The Morgan fingerprint density at radius 1 is 0.472 bits per heavy atom. The Morgan fingerprint density at radius 3 is 1.12 bits per heavy atom. The van der Waals surface area contributed by atoms with Gasteiger partial charge in [0.05, 0.1) is 39.9 Å². The maximum absolute atomic E-state index is 13.0. The van der Waals surface area contributed by atoms with Crippen molar-refractivity contribution in [2.45, 2.75) is 334 Å². The van der Waals surface area contributed by atoms with Gasteiger partial charge in [0.2, 0.25) is 5.91 Å². The highest BCUT2D eigenvalue weighted by Gasteiger charge is 2.23. The minimum atomic E-state index is -4.60. The predicted molar refractivity (Wildman–Crippen MR) is 312 cm³/mol. The van der Waals surface area contributed by atoms with E-state index in [4.69, 9.17) is 9.05 Å². The molecule has 0 aromatic carbocycles. The summed E-state index contributed by atoms with van der Waals surface area (Å²) in [4.78, 5) is 25.5. The number of aliphatic hydroxyl groups is 1. The van der Waals surface area contributed by atoms with E-state index < -0.39 is 20.0 Å². The Labute approximate surface area is 449 Å². The van der Waals surface area contributed by atoms with Gasteiger partial charge in [-0.15, -0.1) is 0 Å². The first-order valence-electron chi connectivity index (χ1n) is 31.7. The number of hydrogen-bond donors (Lipinski definition) is 2. The van der Waals surface area contributed by atoms with Gasteiger partial charge in [0.25, 0.3) is 7.82 Å². The third-order valence-corrected chi connectivity index (χ3v) is 15.6. The monoisotopic (exact) mass is 1040 g/mol. The maximum Gasteiger partial charge on any atom is 0.268 e. The molecule has 0 rings (SSSR count). The fourth-order valence-corrected chi connectivity index (χ4v) is 10.4. The molecule has 428 valence electrons. The molecule has 0 aromatic heterocycles. The van der Waals surface area contributed by atoms with Crippen LogP contribution in [0.15, 0.2) is 24.3 Å². The van der Waals surface area contributed by atoms with E-state index >= 15 is 0 Å². The first-order valence-corrected chi connectivity index (χ1v) is 33.2. The number of phosphoric acid groups is 1. The van der Waals surface area contributed by atoms with Gasteiger partial charge in [0, 0.05) is 6.42 Å². The molecule has 0 saturated carbocycles. The maximum atomic E-state index is 13.0. The number of aliphatic hydroxyl groups excluding tert-OH is 1. The minimum absolute atomic E-state index is 0.00359. The van der Waals surface area contributed by atoms with Crippen LogP contribution in [0.1, 0.15) is 322 Å². The zero-order chi connectivity index (χ0) is 52.7. The summed E-state index contributed by atoms with van der Waals surface area (Å²) in [5.41, 5.74) is 0. The van der Waals surface area contributed by atoms with E-state index in [1.165, 1.54) is 263 Å². The average molecular weight is 1040 g/mol. The van der Waals surface area contributed by atoms with Crippen LogP contribution in [0.2, 0.25) is 0 Å². The normalized spacial score (nSPS) is 13.9. The molecule has 0 bridgehead atoms.